The molecule has 2 fully saturated rings. The largest absolute Gasteiger partial charge is 0.389 e. The summed E-state index contributed by atoms with van der Waals surface area (Å²) in [5.41, 5.74) is -0.417. The van der Waals surface area contributed by atoms with E-state index in [4.69, 9.17) is 0 Å². The smallest absolute Gasteiger partial charge is 0.0774 e. The molecule has 1 atom stereocenters. The predicted octanol–water partition coefficient (Wildman–Crippen LogP) is 2.20. The van der Waals surface area contributed by atoms with Gasteiger partial charge in [-0.15, -0.1) is 0 Å². The highest BCUT2D eigenvalue weighted by Crippen LogP contribution is 2.32. The van der Waals surface area contributed by atoms with E-state index in [1.165, 1.54) is 12.8 Å². The maximum Gasteiger partial charge on any atom is 0.0774 e. The SMILES string of the molecule is OC1(CN2CCC(n3cc(Br)cn3)C2)CCCC1. The molecule has 1 unspecified atom stereocenters. The van der Waals surface area contributed by atoms with Gasteiger partial charge >= 0.3 is 0 Å². The lowest BCUT2D eigenvalue weighted by Gasteiger charge is -2.28. The van der Waals surface area contributed by atoms with Crippen molar-refractivity contribution in [3.63, 3.8) is 0 Å². The molecule has 4 nitrogen and oxygen atoms in total. The summed E-state index contributed by atoms with van der Waals surface area (Å²) in [6.45, 7) is 2.92. The van der Waals surface area contributed by atoms with Crippen LogP contribution in [0.5, 0.6) is 0 Å². The second-order valence-corrected chi connectivity index (χ2v) is 6.66. The molecular formula is C13H20BrN3O. The van der Waals surface area contributed by atoms with Crippen molar-refractivity contribution >= 4 is 15.9 Å². The summed E-state index contributed by atoms with van der Waals surface area (Å²) >= 11 is 3.44. The van der Waals surface area contributed by atoms with Gasteiger partial charge in [0.15, 0.2) is 0 Å². The Morgan fingerprint density at radius 3 is 2.89 bits per heavy atom. The van der Waals surface area contributed by atoms with Gasteiger partial charge in [-0.25, -0.2) is 0 Å². The summed E-state index contributed by atoms with van der Waals surface area (Å²) in [5.74, 6) is 0. The van der Waals surface area contributed by atoms with Gasteiger partial charge in [-0.05, 0) is 35.2 Å². The lowest BCUT2D eigenvalue weighted by molar-refractivity contribution is 0.0149. The topological polar surface area (TPSA) is 41.3 Å². The number of β-amino-alcohol motifs (C(OH)–C–C–N with tert-alkyl or cyclic N) is 1. The molecule has 1 saturated heterocycles. The molecule has 2 aliphatic rings. The van der Waals surface area contributed by atoms with Crippen molar-refractivity contribution in [3.05, 3.63) is 16.9 Å². The number of rotatable bonds is 3. The molecule has 18 heavy (non-hydrogen) atoms. The van der Waals surface area contributed by atoms with Gasteiger partial charge in [-0.2, -0.15) is 5.10 Å². The van der Waals surface area contributed by atoms with E-state index in [2.05, 4.69) is 25.9 Å². The first-order chi connectivity index (χ1) is 8.65. The summed E-state index contributed by atoms with van der Waals surface area (Å²) in [5, 5.41) is 14.8. The highest BCUT2D eigenvalue weighted by atomic mass is 79.9. The van der Waals surface area contributed by atoms with Gasteiger partial charge in [0.05, 0.1) is 22.3 Å². The zero-order valence-electron chi connectivity index (χ0n) is 10.6. The highest BCUT2D eigenvalue weighted by molar-refractivity contribution is 9.10. The number of aliphatic hydroxyl groups is 1. The monoisotopic (exact) mass is 313 g/mol. The van der Waals surface area contributed by atoms with Crippen LogP contribution < -0.4 is 0 Å². The van der Waals surface area contributed by atoms with E-state index >= 15 is 0 Å². The number of hydrogen-bond acceptors (Lipinski definition) is 3. The Hall–Kier alpha value is -0.390. The minimum atomic E-state index is -0.417. The maximum atomic E-state index is 10.4. The van der Waals surface area contributed by atoms with Crippen molar-refractivity contribution < 1.29 is 5.11 Å². The number of nitrogens with zero attached hydrogens (tertiary/aromatic N) is 3. The Kier molecular flexibility index (Phi) is 3.47. The van der Waals surface area contributed by atoms with Crippen LogP contribution >= 0.6 is 15.9 Å². The second-order valence-electron chi connectivity index (χ2n) is 5.75. The highest BCUT2D eigenvalue weighted by Gasteiger charge is 2.35. The van der Waals surface area contributed by atoms with Gasteiger partial charge in [0.2, 0.25) is 0 Å². The summed E-state index contributed by atoms with van der Waals surface area (Å²) in [7, 11) is 0. The third-order valence-corrected chi connectivity index (χ3v) is 4.65. The van der Waals surface area contributed by atoms with Crippen LogP contribution in [0.3, 0.4) is 0 Å². The van der Waals surface area contributed by atoms with E-state index in [9.17, 15) is 5.11 Å². The van der Waals surface area contributed by atoms with Crippen molar-refractivity contribution in [1.82, 2.24) is 14.7 Å². The van der Waals surface area contributed by atoms with Crippen LogP contribution in [0.15, 0.2) is 16.9 Å². The third kappa shape index (κ3) is 2.63. The molecule has 100 valence electrons. The molecule has 1 N–H and O–H groups in total. The fourth-order valence-corrected chi connectivity index (χ4v) is 3.60. The van der Waals surface area contributed by atoms with E-state index in [0.29, 0.717) is 6.04 Å². The first-order valence-electron chi connectivity index (χ1n) is 6.79. The zero-order chi connectivity index (χ0) is 12.6. The molecule has 1 saturated carbocycles. The molecule has 3 rings (SSSR count). The van der Waals surface area contributed by atoms with Crippen molar-refractivity contribution in [1.29, 1.82) is 0 Å². The van der Waals surface area contributed by atoms with Crippen molar-refractivity contribution in [2.24, 2.45) is 0 Å². The molecule has 2 heterocycles. The summed E-state index contributed by atoms with van der Waals surface area (Å²) in [6, 6.07) is 0.460. The van der Waals surface area contributed by atoms with Crippen LogP contribution in [-0.4, -0.2) is 45.0 Å². The Bertz CT molecular complexity index is 414. The van der Waals surface area contributed by atoms with Crippen LogP contribution in [0.1, 0.15) is 38.1 Å². The Morgan fingerprint density at radius 1 is 1.44 bits per heavy atom. The summed E-state index contributed by atoms with van der Waals surface area (Å²) in [4.78, 5) is 2.39. The van der Waals surface area contributed by atoms with Crippen molar-refractivity contribution in [2.45, 2.75) is 43.7 Å². The Morgan fingerprint density at radius 2 is 2.22 bits per heavy atom. The van der Waals surface area contributed by atoms with Gasteiger partial charge in [0, 0.05) is 25.8 Å². The minimum Gasteiger partial charge on any atom is -0.389 e. The number of hydrogen-bond donors (Lipinski definition) is 1. The molecule has 1 aromatic rings. The van der Waals surface area contributed by atoms with Gasteiger partial charge in [0.1, 0.15) is 0 Å². The molecule has 0 amide bonds. The predicted molar refractivity (Wildman–Crippen MR) is 73.4 cm³/mol. The number of halogens is 1. The summed E-state index contributed by atoms with van der Waals surface area (Å²) < 4.78 is 3.08. The number of aromatic nitrogens is 2. The van der Waals surface area contributed by atoms with Gasteiger partial charge in [-0.3, -0.25) is 9.58 Å². The van der Waals surface area contributed by atoms with Crippen molar-refractivity contribution in [2.75, 3.05) is 19.6 Å². The van der Waals surface area contributed by atoms with Gasteiger partial charge in [0.25, 0.3) is 0 Å². The summed E-state index contributed by atoms with van der Waals surface area (Å²) in [6.07, 6.45) is 9.32. The molecule has 0 radical (unpaired) electrons. The van der Waals surface area contributed by atoms with Crippen LogP contribution in [0.4, 0.5) is 0 Å². The van der Waals surface area contributed by atoms with Crippen LogP contribution in [0, 0.1) is 0 Å². The Balaban J connectivity index is 1.58. The number of likely N-dealkylation sites (tertiary alicyclic amines) is 1. The third-order valence-electron chi connectivity index (χ3n) is 4.24. The first-order valence-corrected chi connectivity index (χ1v) is 7.58. The van der Waals surface area contributed by atoms with E-state index in [1.54, 1.807) is 0 Å². The molecule has 5 heteroatoms. The molecular weight excluding hydrogens is 294 g/mol. The molecule has 0 aromatic carbocycles. The maximum absolute atomic E-state index is 10.4. The first kappa shape index (κ1) is 12.6. The minimum absolute atomic E-state index is 0.417. The molecule has 0 bridgehead atoms. The van der Waals surface area contributed by atoms with Crippen molar-refractivity contribution in [3.8, 4) is 0 Å². The molecule has 0 spiro atoms. The lowest BCUT2D eigenvalue weighted by Crippen LogP contribution is -2.40. The van der Waals surface area contributed by atoms with Gasteiger partial charge in [-0.1, -0.05) is 12.8 Å². The normalized spacial score (nSPS) is 28.0. The molecule has 1 aromatic heterocycles. The van der Waals surface area contributed by atoms with Crippen LogP contribution in [0.2, 0.25) is 0 Å². The molecule has 1 aliphatic carbocycles. The average molecular weight is 314 g/mol. The second kappa shape index (κ2) is 4.94. The molecule has 1 aliphatic heterocycles. The van der Waals surface area contributed by atoms with E-state index in [-0.39, 0.29) is 0 Å². The lowest BCUT2D eigenvalue weighted by atomic mass is 10.0. The van der Waals surface area contributed by atoms with Gasteiger partial charge < -0.3 is 5.11 Å². The standard InChI is InChI=1S/C13H20BrN3O/c14-11-7-15-17(8-11)12-3-6-16(9-12)10-13(18)4-1-2-5-13/h7-8,12,18H,1-6,9-10H2. The zero-order valence-corrected chi connectivity index (χ0v) is 12.1. The van der Waals surface area contributed by atoms with E-state index < -0.39 is 5.60 Å². The Labute approximate surface area is 116 Å². The van der Waals surface area contributed by atoms with Crippen LogP contribution in [0.25, 0.3) is 0 Å². The average Bonchev–Trinajstić information content (AvgIpc) is 3.01. The quantitative estimate of drug-likeness (QED) is 0.930. The fourth-order valence-electron chi connectivity index (χ4n) is 3.29. The van der Waals surface area contributed by atoms with Crippen LogP contribution in [-0.2, 0) is 0 Å². The van der Waals surface area contributed by atoms with E-state index in [1.807, 2.05) is 17.1 Å². The van der Waals surface area contributed by atoms with E-state index in [0.717, 1.165) is 43.4 Å². The fraction of sp³-hybridized carbons (Fsp3) is 0.769.